The maximum atomic E-state index is 11.7. The maximum absolute atomic E-state index is 11.7. The van der Waals surface area contributed by atoms with E-state index in [9.17, 15) is 9.59 Å². The van der Waals surface area contributed by atoms with Crippen LogP contribution in [0.3, 0.4) is 0 Å². The van der Waals surface area contributed by atoms with Crippen molar-refractivity contribution in [3.63, 3.8) is 0 Å². The molecular weight excluding hydrogens is 373 g/mol. The second kappa shape index (κ2) is 8.62. The normalized spacial score (nSPS) is 17.6. The Morgan fingerprint density at radius 3 is 2.50 bits per heavy atom. The molecule has 1 aliphatic heterocycles. The Bertz CT molecular complexity index is 811. The van der Waals surface area contributed by atoms with Crippen molar-refractivity contribution in [2.75, 3.05) is 0 Å². The van der Waals surface area contributed by atoms with E-state index >= 15 is 0 Å². The number of aliphatic imine (C=N–C) groups is 1. The largest absolute Gasteiger partial charge is 1.00 e. The fraction of sp³-hybridized carbons (Fsp3) is 0.0625. The first kappa shape index (κ1) is 19.6. The average Bonchev–Trinajstić information content (AvgIpc) is 2.90. The van der Waals surface area contributed by atoms with E-state index in [1.807, 2.05) is 12.1 Å². The van der Waals surface area contributed by atoms with Gasteiger partial charge in [-0.15, -0.1) is 11.1 Å². The Kier molecular flexibility index (Phi) is 7.06. The molecule has 118 valence electrons. The van der Waals surface area contributed by atoms with Crippen LogP contribution in [-0.2, 0) is 5.75 Å². The van der Waals surface area contributed by atoms with Crippen LogP contribution in [0.2, 0.25) is 5.02 Å². The minimum absolute atomic E-state index is 0. The molecule has 0 spiro atoms. The molecule has 1 heterocycles. The van der Waals surface area contributed by atoms with Crippen molar-refractivity contribution in [2.45, 2.75) is 5.75 Å². The van der Waals surface area contributed by atoms with Gasteiger partial charge < -0.3 is 10.5 Å². The smallest absolute Gasteiger partial charge is 0.664 e. The van der Waals surface area contributed by atoms with Gasteiger partial charge in [-0.25, -0.2) is 4.79 Å². The minimum Gasteiger partial charge on any atom is -0.664 e. The summed E-state index contributed by atoms with van der Waals surface area (Å²) in [6.45, 7) is 0. The third kappa shape index (κ3) is 4.48. The number of nitrogens with one attached hydrogen (secondary N) is 2. The van der Waals surface area contributed by atoms with Gasteiger partial charge in [-0.3, -0.25) is 4.72 Å². The summed E-state index contributed by atoms with van der Waals surface area (Å²) in [5, 5.41) is 1.20. The molecule has 0 fully saturated rings. The van der Waals surface area contributed by atoms with Crippen molar-refractivity contribution in [1.82, 2.24) is 4.72 Å². The van der Waals surface area contributed by atoms with Crippen LogP contribution in [0.5, 0.6) is 0 Å². The molecule has 1 atom stereocenters. The molecule has 0 aliphatic carbocycles. The van der Waals surface area contributed by atoms with Crippen LogP contribution in [0, 0.1) is 0 Å². The van der Waals surface area contributed by atoms with E-state index in [-0.39, 0.29) is 56.9 Å². The molecule has 0 aromatic heterocycles. The summed E-state index contributed by atoms with van der Waals surface area (Å²) in [6.07, 6.45) is 0. The fourth-order valence-corrected chi connectivity index (χ4v) is 4.33. The number of hydrogen-bond donors (Lipinski definition) is 2. The van der Waals surface area contributed by atoms with E-state index in [2.05, 4.69) is 9.71 Å². The van der Waals surface area contributed by atoms with Gasteiger partial charge in [-0.05, 0) is 17.7 Å². The van der Waals surface area contributed by atoms with Gasteiger partial charge in [-0.1, -0.05) is 48.0 Å². The molecule has 3 rings (SSSR count). The summed E-state index contributed by atoms with van der Waals surface area (Å²) in [7, 11) is 0. The molecule has 0 saturated carbocycles. The van der Waals surface area contributed by atoms with Crippen molar-refractivity contribution >= 4 is 39.7 Å². The van der Waals surface area contributed by atoms with Crippen LogP contribution in [0.1, 0.15) is 21.5 Å². The molecule has 8 heteroatoms. The number of amides is 3. The van der Waals surface area contributed by atoms with Crippen LogP contribution in [0.4, 0.5) is 4.79 Å². The number of halogens is 1. The standard InChI is InChI=1S/C16H14ClN3O2S.K/c17-11-7-5-10(6-8-11)9-23-15(19-16(22)20-23)13-4-2-1-3-12(13)14(18)21;/h1-8,23H,9H2,(H3,18,20,21,22);/q;+1/p-1. The van der Waals surface area contributed by atoms with E-state index in [1.54, 1.807) is 36.4 Å². The number of hydrogen-bond acceptors (Lipinski definition) is 2. The summed E-state index contributed by atoms with van der Waals surface area (Å²) < 4.78 is 2.85. The molecule has 1 aliphatic rings. The summed E-state index contributed by atoms with van der Waals surface area (Å²) in [5.74, 6) is -0.193. The van der Waals surface area contributed by atoms with Gasteiger partial charge in [0.05, 0.1) is 5.91 Å². The van der Waals surface area contributed by atoms with Gasteiger partial charge in [0.1, 0.15) is 5.04 Å². The first-order valence-corrected chi connectivity index (χ1v) is 8.72. The Balaban J connectivity index is 0.00000208. The number of urea groups is 1. The molecule has 0 radical (unpaired) electrons. The predicted molar refractivity (Wildman–Crippen MR) is 94.3 cm³/mol. The Morgan fingerprint density at radius 2 is 1.83 bits per heavy atom. The van der Waals surface area contributed by atoms with Crippen LogP contribution >= 0.6 is 22.7 Å². The van der Waals surface area contributed by atoms with Crippen LogP contribution < -0.4 is 56.1 Å². The molecular formula is C16H13ClKN3O2S. The molecule has 2 aromatic carbocycles. The molecule has 0 bridgehead atoms. The topological polar surface area (TPSA) is 82.3 Å². The van der Waals surface area contributed by atoms with Crippen molar-refractivity contribution < 1.29 is 61.0 Å². The first-order valence-electron chi connectivity index (χ1n) is 6.81. The third-order valence-electron chi connectivity index (χ3n) is 3.36. The molecule has 2 N–H and O–H groups in total. The van der Waals surface area contributed by atoms with Crippen molar-refractivity contribution in [2.24, 2.45) is 4.99 Å². The van der Waals surface area contributed by atoms with Gasteiger partial charge >= 0.3 is 57.4 Å². The van der Waals surface area contributed by atoms with Gasteiger partial charge in [0.25, 0.3) is 0 Å². The van der Waals surface area contributed by atoms with Crippen molar-refractivity contribution in [3.8, 4) is 0 Å². The SMILES string of the molecule is [K+].[NH-]C(=O)c1ccccc1C1=NC(=O)N[SH]1Cc1ccc(Cl)cc1. The number of benzene rings is 2. The zero-order valence-corrected chi connectivity index (χ0v) is 17.7. The number of nitrogens with zero attached hydrogens (tertiary/aromatic N) is 1. The Morgan fingerprint density at radius 1 is 1.17 bits per heavy atom. The zero-order valence-electron chi connectivity index (χ0n) is 12.9. The quantitative estimate of drug-likeness (QED) is 0.610. The predicted octanol–water partition coefficient (Wildman–Crippen LogP) is 1.12. The van der Waals surface area contributed by atoms with Gasteiger partial charge in [-0.2, -0.15) is 4.99 Å². The molecule has 0 saturated heterocycles. The summed E-state index contributed by atoms with van der Waals surface area (Å²) >= 11 is 4.81. The monoisotopic (exact) mass is 385 g/mol. The van der Waals surface area contributed by atoms with Gasteiger partial charge in [0.2, 0.25) is 0 Å². The fourth-order valence-electron chi connectivity index (χ4n) is 2.32. The van der Waals surface area contributed by atoms with Crippen LogP contribution in [0.25, 0.3) is 5.73 Å². The second-order valence-electron chi connectivity index (χ2n) is 4.94. The van der Waals surface area contributed by atoms with E-state index < -0.39 is 23.0 Å². The summed E-state index contributed by atoms with van der Waals surface area (Å²) in [5.41, 5.74) is 9.20. The van der Waals surface area contributed by atoms with E-state index in [0.29, 0.717) is 21.4 Å². The van der Waals surface area contributed by atoms with Gasteiger partial charge in [0.15, 0.2) is 0 Å². The van der Waals surface area contributed by atoms with Crippen molar-refractivity contribution in [1.29, 1.82) is 0 Å². The van der Waals surface area contributed by atoms with Crippen LogP contribution in [-0.4, -0.2) is 17.0 Å². The Hall–Kier alpha value is -0.674. The number of carbonyl (C=O) groups excluding carboxylic acids is 2. The summed E-state index contributed by atoms with van der Waals surface area (Å²) in [6, 6.07) is 13.7. The molecule has 24 heavy (non-hydrogen) atoms. The molecule has 1 unspecified atom stereocenters. The maximum Gasteiger partial charge on any atom is 1.00 e. The number of rotatable bonds is 4. The molecule has 2 aromatic rings. The third-order valence-corrected chi connectivity index (χ3v) is 5.61. The van der Waals surface area contributed by atoms with E-state index in [0.717, 1.165) is 5.56 Å². The minimum atomic E-state index is -1.08. The van der Waals surface area contributed by atoms with E-state index in [4.69, 9.17) is 17.3 Å². The van der Waals surface area contributed by atoms with Crippen molar-refractivity contribution in [3.05, 3.63) is 76.0 Å². The summed E-state index contributed by atoms with van der Waals surface area (Å²) in [4.78, 5) is 27.3. The van der Waals surface area contributed by atoms with Crippen LogP contribution in [0.15, 0.2) is 53.5 Å². The number of thiol groups is 1. The first-order chi connectivity index (χ1) is 11.0. The molecule has 3 amide bonds. The molecule has 5 nitrogen and oxygen atoms in total. The second-order valence-corrected chi connectivity index (χ2v) is 7.20. The Labute approximate surface area is 190 Å². The average molecular weight is 386 g/mol. The van der Waals surface area contributed by atoms with E-state index in [1.165, 1.54) is 0 Å². The van der Waals surface area contributed by atoms with Gasteiger partial charge in [0, 0.05) is 21.9 Å². The number of carbonyl (C=O) groups is 2. The zero-order chi connectivity index (χ0) is 16.4.